The Bertz CT molecular complexity index is 244. The molecule has 0 saturated carbocycles. The minimum absolute atomic E-state index is 0.663. The molecule has 1 aromatic carbocycles. The number of hydrogen-bond donors (Lipinski definition) is 0. The molecule has 1 nitrogen and oxygen atoms in total. The van der Waals surface area contributed by atoms with Gasteiger partial charge in [0.1, 0.15) is 0 Å². The van der Waals surface area contributed by atoms with E-state index in [0.29, 0.717) is 5.66 Å². The maximum atomic E-state index is 2.50. The van der Waals surface area contributed by atoms with Gasteiger partial charge in [0.15, 0.2) is 0 Å². The van der Waals surface area contributed by atoms with Crippen molar-refractivity contribution >= 4 is 8.73 Å². The van der Waals surface area contributed by atoms with Crippen molar-refractivity contribution in [1.29, 1.82) is 0 Å². The Morgan fingerprint density at radius 2 is 1.71 bits per heavy atom. The zero-order valence-corrected chi connectivity index (χ0v) is 10.3. The fourth-order valence-corrected chi connectivity index (χ4v) is 2.75. The molecule has 0 aliphatic carbocycles. The van der Waals surface area contributed by atoms with Gasteiger partial charge in [0.25, 0.3) is 0 Å². The second-order valence-electron chi connectivity index (χ2n) is 3.43. The minimum atomic E-state index is 0.663. The van der Waals surface area contributed by atoms with Gasteiger partial charge in [0.05, 0.1) is 0 Å². The van der Waals surface area contributed by atoms with Crippen LogP contribution in [0.5, 0.6) is 0 Å². The van der Waals surface area contributed by atoms with Crippen molar-refractivity contribution in [2.75, 3.05) is 13.1 Å². The van der Waals surface area contributed by atoms with Crippen LogP contribution >= 0.6 is 8.73 Å². The fraction of sp³-hybridized carbons (Fsp3) is 0.500. The van der Waals surface area contributed by atoms with Gasteiger partial charge in [-0.05, 0) is 27.4 Å². The number of rotatable bonds is 5. The topological polar surface area (TPSA) is 3.24 Å². The first-order chi connectivity index (χ1) is 6.77. The molecule has 2 atom stereocenters. The van der Waals surface area contributed by atoms with Crippen LogP contribution in [-0.2, 0) is 0 Å². The first kappa shape index (κ1) is 11.7. The molecule has 14 heavy (non-hydrogen) atoms. The van der Waals surface area contributed by atoms with E-state index in [4.69, 9.17) is 0 Å². The van der Waals surface area contributed by atoms with Gasteiger partial charge in [0, 0.05) is 5.66 Å². The van der Waals surface area contributed by atoms with Gasteiger partial charge in [-0.25, -0.2) is 0 Å². The maximum Gasteiger partial charge on any atom is 0.0118 e. The summed E-state index contributed by atoms with van der Waals surface area (Å²) in [5.74, 6) is 0. The normalized spacial score (nSPS) is 14.0. The average Bonchev–Trinajstić information content (AvgIpc) is 2.26. The lowest BCUT2D eigenvalue weighted by molar-refractivity contribution is 0.511. The second-order valence-corrected chi connectivity index (χ2v) is 5.19. The van der Waals surface area contributed by atoms with Gasteiger partial charge in [-0.15, -0.1) is 0 Å². The maximum absolute atomic E-state index is 2.50. The van der Waals surface area contributed by atoms with Crippen LogP contribution in [0.25, 0.3) is 0 Å². The van der Waals surface area contributed by atoms with E-state index in [1.165, 1.54) is 5.56 Å². The van der Waals surface area contributed by atoms with Crippen molar-refractivity contribution in [1.82, 2.24) is 4.67 Å². The Morgan fingerprint density at radius 1 is 1.14 bits per heavy atom. The van der Waals surface area contributed by atoms with Crippen molar-refractivity contribution in [2.24, 2.45) is 0 Å². The number of hydrogen-bond acceptors (Lipinski definition) is 1. The highest BCUT2D eigenvalue weighted by Crippen LogP contribution is 2.36. The minimum Gasteiger partial charge on any atom is -0.285 e. The summed E-state index contributed by atoms with van der Waals surface area (Å²) < 4.78 is 2.50. The van der Waals surface area contributed by atoms with Gasteiger partial charge < -0.3 is 0 Å². The van der Waals surface area contributed by atoms with Gasteiger partial charge >= 0.3 is 0 Å². The molecule has 0 aliphatic rings. The molecule has 0 N–H and O–H groups in total. The smallest absolute Gasteiger partial charge is 0.0118 e. The van der Waals surface area contributed by atoms with Crippen LogP contribution in [0.1, 0.15) is 32.0 Å². The van der Waals surface area contributed by atoms with E-state index in [-0.39, 0.29) is 0 Å². The highest BCUT2D eigenvalue weighted by molar-refractivity contribution is 7.35. The lowest BCUT2D eigenvalue weighted by Crippen LogP contribution is -2.13. The second kappa shape index (κ2) is 6.16. The monoisotopic (exact) mass is 209 g/mol. The van der Waals surface area contributed by atoms with Crippen LogP contribution < -0.4 is 0 Å². The standard InChI is InChI=1S/C12H20NP/c1-4-13(5-2)14-11(3)12-9-7-6-8-10-12/h6-11,14H,4-5H2,1-3H3. The predicted molar refractivity (Wildman–Crippen MR) is 66.1 cm³/mol. The van der Waals surface area contributed by atoms with Crippen LogP contribution in [0.4, 0.5) is 0 Å². The lowest BCUT2D eigenvalue weighted by Gasteiger charge is -2.22. The summed E-state index contributed by atoms with van der Waals surface area (Å²) in [6.07, 6.45) is 0. The third kappa shape index (κ3) is 3.40. The van der Waals surface area contributed by atoms with Crippen molar-refractivity contribution in [3.05, 3.63) is 35.9 Å². The van der Waals surface area contributed by atoms with E-state index in [1.807, 2.05) is 0 Å². The average molecular weight is 209 g/mol. The lowest BCUT2D eigenvalue weighted by atomic mass is 10.2. The van der Waals surface area contributed by atoms with Crippen molar-refractivity contribution in [3.8, 4) is 0 Å². The largest absolute Gasteiger partial charge is 0.285 e. The van der Waals surface area contributed by atoms with Crippen LogP contribution in [0, 0.1) is 0 Å². The number of nitrogens with zero attached hydrogens (tertiary/aromatic N) is 1. The fourth-order valence-electron chi connectivity index (χ4n) is 1.50. The Morgan fingerprint density at radius 3 is 2.21 bits per heavy atom. The summed E-state index contributed by atoms with van der Waals surface area (Å²) in [6, 6.07) is 10.8. The molecule has 0 saturated heterocycles. The van der Waals surface area contributed by atoms with Crippen molar-refractivity contribution < 1.29 is 0 Å². The van der Waals surface area contributed by atoms with E-state index in [2.05, 4.69) is 55.8 Å². The molecule has 1 aromatic rings. The summed E-state index contributed by atoms with van der Waals surface area (Å²) in [5, 5.41) is 0. The summed E-state index contributed by atoms with van der Waals surface area (Å²) >= 11 is 0. The third-order valence-corrected chi connectivity index (χ3v) is 4.16. The summed E-state index contributed by atoms with van der Waals surface area (Å²) in [4.78, 5) is 0. The van der Waals surface area contributed by atoms with Crippen LogP contribution in [0.2, 0.25) is 0 Å². The highest BCUT2D eigenvalue weighted by Gasteiger charge is 2.08. The Hall–Kier alpha value is -0.390. The number of benzene rings is 1. The first-order valence-corrected chi connectivity index (χ1v) is 6.36. The van der Waals surface area contributed by atoms with E-state index >= 15 is 0 Å². The molecule has 78 valence electrons. The van der Waals surface area contributed by atoms with Gasteiger partial charge in [0.2, 0.25) is 0 Å². The van der Waals surface area contributed by atoms with Crippen LogP contribution in [-0.4, -0.2) is 17.8 Å². The SMILES string of the molecule is CCN(CC)PC(C)c1ccccc1. The van der Waals surface area contributed by atoms with E-state index in [9.17, 15) is 0 Å². The van der Waals surface area contributed by atoms with Gasteiger partial charge in [-0.1, -0.05) is 51.1 Å². The Balaban J connectivity index is 2.54. The molecule has 0 fully saturated rings. The molecule has 0 aromatic heterocycles. The molecule has 0 radical (unpaired) electrons. The predicted octanol–water partition coefficient (Wildman–Crippen LogP) is 3.68. The molecular formula is C12H20NP. The highest BCUT2D eigenvalue weighted by atomic mass is 31.1. The summed E-state index contributed by atoms with van der Waals surface area (Å²) in [5.41, 5.74) is 2.12. The quantitative estimate of drug-likeness (QED) is 0.668. The van der Waals surface area contributed by atoms with Crippen LogP contribution in [0.3, 0.4) is 0 Å². The molecule has 2 heteroatoms. The molecular weight excluding hydrogens is 189 g/mol. The zero-order valence-electron chi connectivity index (χ0n) is 9.33. The van der Waals surface area contributed by atoms with Crippen molar-refractivity contribution in [3.63, 3.8) is 0 Å². The molecule has 0 aliphatic heterocycles. The van der Waals surface area contributed by atoms with Crippen LogP contribution in [0.15, 0.2) is 30.3 Å². The van der Waals surface area contributed by atoms with E-state index < -0.39 is 0 Å². The summed E-state index contributed by atoms with van der Waals surface area (Å²) in [7, 11) is 0.908. The molecule has 0 amide bonds. The van der Waals surface area contributed by atoms with Gasteiger partial charge in [-0.3, -0.25) is 4.67 Å². The van der Waals surface area contributed by atoms with Crippen molar-refractivity contribution in [2.45, 2.75) is 26.4 Å². The first-order valence-electron chi connectivity index (χ1n) is 5.34. The van der Waals surface area contributed by atoms with Gasteiger partial charge in [-0.2, -0.15) is 0 Å². The molecule has 0 spiro atoms. The molecule has 0 bridgehead atoms. The third-order valence-electron chi connectivity index (χ3n) is 2.44. The molecule has 1 rings (SSSR count). The van der Waals surface area contributed by atoms with E-state index in [0.717, 1.165) is 21.8 Å². The molecule has 2 unspecified atom stereocenters. The Labute approximate surface area is 89.4 Å². The molecule has 0 heterocycles. The zero-order chi connectivity index (χ0) is 10.4. The summed E-state index contributed by atoms with van der Waals surface area (Å²) in [6.45, 7) is 9.09. The Kier molecular flexibility index (Phi) is 5.14. The van der Waals surface area contributed by atoms with E-state index in [1.54, 1.807) is 0 Å².